The summed E-state index contributed by atoms with van der Waals surface area (Å²) in [6, 6.07) is 49.0. The number of aryl methyl sites for hydroxylation is 3. The highest BCUT2D eigenvalue weighted by molar-refractivity contribution is 7.15. The summed E-state index contributed by atoms with van der Waals surface area (Å²) >= 11 is 0. The molecule has 9 rings (SSSR count). The minimum atomic E-state index is -0.275. The van der Waals surface area contributed by atoms with Crippen molar-refractivity contribution in [1.82, 2.24) is 9.97 Å². The maximum absolute atomic E-state index is 15.8. The third kappa shape index (κ3) is 13.2. The molecule has 0 bridgehead atoms. The van der Waals surface area contributed by atoms with Crippen LogP contribution < -0.4 is 4.90 Å². The fraction of sp³-hybridized carbons (Fsp3) is 0.143. The summed E-state index contributed by atoms with van der Waals surface area (Å²) in [7, 11) is 2.92. The Labute approximate surface area is 370 Å². The molecular weight excluding hydrogens is 784 g/mol. The molecule has 0 aliphatic heterocycles. The number of benzene rings is 5. The molecule has 1 atom stereocenters. The summed E-state index contributed by atoms with van der Waals surface area (Å²) in [5.74, 6) is -0.275. The van der Waals surface area contributed by atoms with Gasteiger partial charge in [0.1, 0.15) is 5.82 Å². The van der Waals surface area contributed by atoms with Gasteiger partial charge in [0.2, 0.25) is 0 Å². The van der Waals surface area contributed by atoms with Gasteiger partial charge in [-0.15, -0.1) is 9.24 Å². The molecule has 3 nitrogen and oxygen atoms in total. The minimum Gasteiger partial charge on any atom is -0.306 e. The quantitative estimate of drug-likeness (QED) is 0.150. The highest BCUT2D eigenvalue weighted by atomic mass is 31.0. The van der Waals surface area contributed by atoms with Crippen LogP contribution >= 0.6 is 9.24 Å². The fourth-order valence-corrected chi connectivity index (χ4v) is 6.98. The maximum atomic E-state index is 15.8. The molecule has 2 aliphatic rings. The predicted octanol–water partition coefficient (Wildman–Crippen LogP) is 15.7. The van der Waals surface area contributed by atoms with Gasteiger partial charge in [0.25, 0.3) is 0 Å². The van der Waals surface area contributed by atoms with Gasteiger partial charge in [-0.05, 0) is 133 Å². The molecular formula is C56H56F2N3P. The van der Waals surface area contributed by atoms with Gasteiger partial charge in [-0.3, -0.25) is 14.4 Å². The van der Waals surface area contributed by atoms with Crippen molar-refractivity contribution in [1.29, 1.82) is 0 Å². The van der Waals surface area contributed by atoms with E-state index in [1.54, 1.807) is 24.7 Å². The molecule has 0 saturated carbocycles. The number of allylic oxidation sites excluding steroid dienone is 8. The van der Waals surface area contributed by atoms with Crippen LogP contribution in [0.4, 0.5) is 25.8 Å². The molecule has 314 valence electrons. The molecule has 2 aromatic heterocycles. The lowest BCUT2D eigenvalue weighted by Gasteiger charge is -2.26. The second-order valence-corrected chi connectivity index (χ2v) is 14.6. The van der Waals surface area contributed by atoms with Gasteiger partial charge in [-0.1, -0.05) is 151 Å². The Hall–Kier alpha value is -6.55. The third-order valence-electron chi connectivity index (χ3n) is 10.2. The summed E-state index contributed by atoms with van der Waals surface area (Å²) in [5, 5.41) is 0. The topological polar surface area (TPSA) is 29.0 Å². The van der Waals surface area contributed by atoms with Crippen molar-refractivity contribution in [2.24, 2.45) is 0 Å². The number of rotatable bonds is 7. The van der Waals surface area contributed by atoms with E-state index in [2.05, 4.69) is 136 Å². The summed E-state index contributed by atoms with van der Waals surface area (Å²) in [4.78, 5) is 10.1. The number of hydrogen-bond donors (Lipinski definition) is 0. The zero-order chi connectivity index (χ0) is 44.1. The molecule has 7 aromatic rings. The Morgan fingerprint density at radius 3 is 1.56 bits per heavy atom. The van der Waals surface area contributed by atoms with E-state index in [1.165, 1.54) is 51.8 Å². The first kappa shape index (κ1) is 46.5. The van der Waals surface area contributed by atoms with Gasteiger partial charge in [-0.25, -0.2) is 4.39 Å². The van der Waals surface area contributed by atoms with E-state index in [-0.39, 0.29) is 5.82 Å². The number of alkyl halides is 1. The van der Waals surface area contributed by atoms with E-state index >= 15 is 4.39 Å². The van der Waals surface area contributed by atoms with Crippen LogP contribution in [0.1, 0.15) is 52.6 Å². The lowest BCUT2D eigenvalue weighted by atomic mass is 9.97. The van der Waals surface area contributed by atoms with Crippen molar-refractivity contribution in [3.05, 3.63) is 240 Å². The zero-order valence-electron chi connectivity index (χ0n) is 36.3. The molecule has 0 fully saturated rings. The Balaban J connectivity index is 0.000000246. The Kier molecular flexibility index (Phi) is 18.5. The first-order valence-corrected chi connectivity index (χ1v) is 21.9. The first-order valence-electron chi connectivity index (χ1n) is 20.8. The average molecular weight is 840 g/mol. The van der Waals surface area contributed by atoms with E-state index in [9.17, 15) is 4.39 Å². The number of nitrogens with zero attached hydrogens (tertiary/aromatic N) is 3. The van der Waals surface area contributed by atoms with Gasteiger partial charge in [0.05, 0.1) is 24.7 Å². The standard InChI is InChI=1S/C35H27FN2.C13H14.C6H7N.CH3F.CH5P/c1-25-9-11-28(12-10-25)29-13-14-30(22-29)31-17-20-35(34(36)23-31)38(33-8-5-21-37-24-33)32-18-15-27(16-19-32)26-6-3-2-4-7-26;1-11-7-9-13(10-8-11)12-5-3-2-4-6-12;1-6-3-2-4-7-5-6;2*1-2/h2-21,23-24H,22H2,1H3;2-3,5,7-10H,4,6H2,1H3;2-5H,1H3;1H3;2H2,1H3. The van der Waals surface area contributed by atoms with Crippen LogP contribution in [0.25, 0.3) is 27.8 Å². The van der Waals surface area contributed by atoms with Gasteiger partial charge in [0, 0.05) is 24.3 Å². The van der Waals surface area contributed by atoms with Crippen molar-refractivity contribution in [2.45, 2.75) is 40.0 Å². The number of anilines is 3. The largest absolute Gasteiger partial charge is 0.306 e. The maximum Gasteiger partial charge on any atom is 0.147 e. The van der Waals surface area contributed by atoms with E-state index in [1.807, 2.05) is 91.4 Å². The van der Waals surface area contributed by atoms with Crippen molar-refractivity contribution >= 4 is 43.0 Å². The molecule has 2 aliphatic carbocycles. The molecule has 1 unspecified atom stereocenters. The van der Waals surface area contributed by atoms with Crippen LogP contribution in [0.3, 0.4) is 0 Å². The van der Waals surface area contributed by atoms with E-state index in [0.717, 1.165) is 40.1 Å². The molecule has 0 N–H and O–H groups in total. The third-order valence-corrected chi connectivity index (χ3v) is 10.2. The summed E-state index contributed by atoms with van der Waals surface area (Å²) in [6.07, 6.45) is 21.1. The number of pyridine rings is 2. The highest BCUT2D eigenvalue weighted by Gasteiger charge is 2.19. The first-order chi connectivity index (χ1) is 30.4. The second kappa shape index (κ2) is 24.6. The van der Waals surface area contributed by atoms with Crippen molar-refractivity contribution in [3.63, 3.8) is 0 Å². The predicted molar refractivity (Wildman–Crippen MR) is 265 cm³/mol. The Morgan fingerprint density at radius 2 is 1.05 bits per heavy atom. The van der Waals surface area contributed by atoms with Gasteiger partial charge in [0.15, 0.2) is 0 Å². The van der Waals surface area contributed by atoms with Crippen molar-refractivity contribution < 1.29 is 8.78 Å². The molecule has 62 heavy (non-hydrogen) atoms. The summed E-state index contributed by atoms with van der Waals surface area (Å²) in [6.45, 7) is 8.15. The fourth-order valence-electron chi connectivity index (χ4n) is 6.98. The molecule has 6 heteroatoms. The van der Waals surface area contributed by atoms with Gasteiger partial charge >= 0.3 is 0 Å². The van der Waals surface area contributed by atoms with E-state index < -0.39 is 0 Å². The van der Waals surface area contributed by atoms with Crippen LogP contribution in [0.15, 0.2) is 201 Å². The SMILES string of the molecule is CF.CP.Cc1ccc(C2=CC=C(c3ccc(N(c4ccc(-c5ccccc5)cc4)c4cccnc4)c(F)c3)C2)cc1.Cc1ccc(C2=CC=CCC2)cc1.Cc1cccnc1. The lowest BCUT2D eigenvalue weighted by Crippen LogP contribution is -2.12. The van der Waals surface area contributed by atoms with E-state index in [0.29, 0.717) is 12.9 Å². The number of aromatic nitrogens is 2. The second-order valence-electron chi connectivity index (χ2n) is 14.6. The van der Waals surface area contributed by atoms with Crippen LogP contribution in [-0.2, 0) is 0 Å². The number of hydrogen-bond acceptors (Lipinski definition) is 3. The minimum absolute atomic E-state index is 0.275. The zero-order valence-corrected chi connectivity index (χ0v) is 37.5. The smallest absolute Gasteiger partial charge is 0.147 e. The molecule has 0 saturated heterocycles. The van der Waals surface area contributed by atoms with Crippen LogP contribution in [-0.4, -0.2) is 23.8 Å². The Bertz CT molecular complexity index is 2530. The molecule has 0 amide bonds. The van der Waals surface area contributed by atoms with Gasteiger partial charge in [-0.2, -0.15) is 0 Å². The molecule has 0 radical (unpaired) electrons. The van der Waals surface area contributed by atoms with Crippen LogP contribution in [0, 0.1) is 26.6 Å². The van der Waals surface area contributed by atoms with Crippen molar-refractivity contribution in [2.75, 3.05) is 18.7 Å². The monoisotopic (exact) mass is 839 g/mol. The normalized spacial score (nSPS) is 12.2. The van der Waals surface area contributed by atoms with Gasteiger partial charge < -0.3 is 4.90 Å². The Morgan fingerprint density at radius 1 is 0.500 bits per heavy atom. The lowest BCUT2D eigenvalue weighted by molar-refractivity contribution is 0.628. The van der Waals surface area contributed by atoms with E-state index in [4.69, 9.17) is 0 Å². The molecule has 5 aromatic carbocycles. The summed E-state index contributed by atoms with van der Waals surface area (Å²) < 4.78 is 25.3. The molecule has 2 heterocycles. The van der Waals surface area contributed by atoms with Crippen molar-refractivity contribution in [3.8, 4) is 11.1 Å². The van der Waals surface area contributed by atoms with Crippen LogP contribution in [0.5, 0.6) is 0 Å². The summed E-state index contributed by atoms with van der Waals surface area (Å²) in [5.41, 5.74) is 15.5. The highest BCUT2D eigenvalue weighted by Crippen LogP contribution is 2.40. The average Bonchev–Trinajstić information content (AvgIpc) is 3.84. The van der Waals surface area contributed by atoms with Crippen LogP contribution in [0.2, 0.25) is 0 Å². The molecule has 0 spiro atoms. The number of halogens is 2.